The van der Waals surface area contributed by atoms with Crippen LogP contribution in [-0.2, 0) is 6.54 Å². The lowest BCUT2D eigenvalue weighted by Crippen LogP contribution is -2.37. The number of allylic oxidation sites excluding steroid dienone is 1. The predicted molar refractivity (Wildman–Crippen MR) is 108 cm³/mol. The van der Waals surface area contributed by atoms with Gasteiger partial charge in [-0.05, 0) is 30.0 Å². The van der Waals surface area contributed by atoms with Gasteiger partial charge in [0.05, 0.1) is 6.20 Å². The van der Waals surface area contributed by atoms with Gasteiger partial charge in [0.2, 0.25) is 0 Å². The van der Waals surface area contributed by atoms with E-state index in [9.17, 15) is 0 Å². The summed E-state index contributed by atoms with van der Waals surface area (Å²) in [5.74, 6) is 1.15. The van der Waals surface area contributed by atoms with Crippen LogP contribution in [0.1, 0.15) is 33.3 Å². The van der Waals surface area contributed by atoms with Gasteiger partial charge in [-0.2, -0.15) is 0 Å². The van der Waals surface area contributed by atoms with Crippen LogP contribution >= 0.6 is 11.3 Å². The van der Waals surface area contributed by atoms with E-state index in [1.165, 1.54) is 11.3 Å². The average molecular weight is 359 g/mol. The zero-order chi connectivity index (χ0) is 18.4. The van der Waals surface area contributed by atoms with E-state index < -0.39 is 0 Å². The van der Waals surface area contributed by atoms with Crippen LogP contribution in [0.2, 0.25) is 0 Å². The van der Waals surface area contributed by atoms with Gasteiger partial charge in [-0.3, -0.25) is 0 Å². The number of thiazole rings is 1. The lowest BCUT2D eigenvalue weighted by atomic mass is 9.88. The molecule has 0 aliphatic rings. The largest absolute Gasteiger partial charge is 0.384 e. The molecule has 0 aliphatic carbocycles. The van der Waals surface area contributed by atoms with E-state index in [2.05, 4.69) is 59.9 Å². The van der Waals surface area contributed by atoms with Gasteiger partial charge in [-0.15, -0.1) is 0 Å². The Bertz CT molecular complexity index is 744. The van der Waals surface area contributed by atoms with Crippen LogP contribution in [0, 0.1) is 5.41 Å². The van der Waals surface area contributed by atoms with E-state index in [1.54, 1.807) is 18.5 Å². The van der Waals surface area contributed by atoms with Crippen molar-refractivity contribution in [2.75, 3.05) is 11.1 Å². The maximum absolute atomic E-state index is 5.95. The molecular weight excluding hydrogens is 332 g/mol. The third-order valence-electron chi connectivity index (χ3n) is 3.85. The van der Waals surface area contributed by atoms with Gasteiger partial charge in [0.1, 0.15) is 16.6 Å². The second kappa shape index (κ2) is 8.22. The van der Waals surface area contributed by atoms with Gasteiger partial charge in [0.25, 0.3) is 0 Å². The summed E-state index contributed by atoms with van der Waals surface area (Å²) in [5.41, 5.74) is 7.22. The van der Waals surface area contributed by atoms with Gasteiger partial charge in [0, 0.05) is 18.8 Å². The number of nitrogens with one attached hydrogen (secondary N) is 2. The van der Waals surface area contributed by atoms with E-state index in [4.69, 9.17) is 5.73 Å². The summed E-state index contributed by atoms with van der Waals surface area (Å²) in [4.78, 5) is 12.8. The van der Waals surface area contributed by atoms with Crippen molar-refractivity contribution in [3.8, 4) is 0 Å². The van der Waals surface area contributed by atoms with Gasteiger partial charge in [-0.1, -0.05) is 44.8 Å². The van der Waals surface area contributed by atoms with Crippen molar-refractivity contribution >= 4 is 39.3 Å². The van der Waals surface area contributed by atoms with Crippen molar-refractivity contribution in [1.29, 1.82) is 0 Å². The van der Waals surface area contributed by atoms with Crippen molar-refractivity contribution in [3.05, 3.63) is 36.5 Å². The standard InChI is InChI=1S/C18H26N6S/c1-6-7-20-16-11-22-17(25-16)24-15-9-13(8-14(19)23-15)10-21-12(2)18(3,4)5/h6-9,11-12,21H,1,10H2,2-5H3,(H3,19,22,23,24)/b20-7-/t12-/m0/s1. The Morgan fingerprint density at radius 2 is 2.16 bits per heavy atom. The summed E-state index contributed by atoms with van der Waals surface area (Å²) in [6.07, 6.45) is 4.97. The van der Waals surface area contributed by atoms with E-state index in [0.717, 1.165) is 22.2 Å². The molecule has 4 N–H and O–H groups in total. The highest BCUT2D eigenvalue weighted by atomic mass is 32.1. The molecule has 0 fully saturated rings. The minimum atomic E-state index is 0.197. The highest BCUT2D eigenvalue weighted by Gasteiger charge is 2.19. The van der Waals surface area contributed by atoms with E-state index in [0.29, 0.717) is 17.7 Å². The van der Waals surface area contributed by atoms with Crippen LogP contribution in [0.3, 0.4) is 0 Å². The number of pyridine rings is 1. The first-order valence-electron chi connectivity index (χ1n) is 8.15. The number of hydrogen-bond acceptors (Lipinski definition) is 7. The number of anilines is 3. The highest BCUT2D eigenvalue weighted by molar-refractivity contribution is 7.19. The Labute approximate surface area is 153 Å². The smallest absolute Gasteiger partial charge is 0.190 e. The normalized spacial score (nSPS) is 13.1. The topological polar surface area (TPSA) is 88.2 Å². The van der Waals surface area contributed by atoms with Gasteiger partial charge in [0.15, 0.2) is 5.13 Å². The Hall–Kier alpha value is -2.25. The number of rotatable bonds is 7. The molecule has 0 amide bonds. The molecule has 0 bridgehead atoms. The molecule has 0 unspecified atom stereocenters. The van der Waals surface area contributed by atoms with Crippen LogP contribution in [0.25, 0.3) is 0 Å². The van der Waals surface area contributed by atoms with Crippen LogP contribution in [0.4, 0.5) is 21.8 Å². The van der Waals surface area contributed by atoms with Crippen molar-refractivity contribution in [1.82, 2.24) is 15.3 Å². The SMILES string of the molecule is C=C/C=N\c1cnc(Nc2cc(CN[C@@H](C)C(C)(C)C)cc(N)n2)s1. The molecule has 2 rings (SSSR count). The van der Waals surface area contributed by atoms with Crippen LogP contribution < -0.4 is 16.4 Å². The number of aliphatic imine (C=N–C) groups is 1. The van der Waals surface area contributed by atoms with Gasteiger partial charge >= 0.3 is 0 Å². The first kappa shape index (κ1) is 19.1. The zero-order valence-corrected chi connectivity index (χ0v) is 16.0. The number of nitrogen functional groups attached to an aromatic ring is 1. The number of nitrogens with two attached hydrogens (primary N) is 1. The minimum absolute atomic E-state index is 0.197. The molecule has 0 spiro atoms. The molecule has 6 nitrogen and oxygen atoms in total. The molecule has 2 heterocycles. The first-order valence-corrected chi connectivity index (χ1v) is 8.97. The lowest BCUT2D eigenvalue weighted by Gasteiger charge is -2.28. The molecule has 0 radical (unpaired) electrons. The maximum atomic E-state index is 5.95. The van der Waals surface area contributed by atoms with Crippen molar-refractivity contribution < 1.29 is 0 Å². The zero-order valence-electron chi connectivity index (χ0n) is 15.2. The Kier molecular flexibility index (Phi) is 6.27. The molecule has 0 saturated carbocycles. The van der Waals surface area contributed by atoms with E-state index in [-0.39, 0.29) is 5.41 Å². The van der Waals surface area contributed by atoms with Gasteiger partial charge < -0.3 is 16.4 Å². The van der Waals surface area contributed by atoms with Gasteiger partial charge in [-0.25, -0.2) is 15.0 Å². The fourth-order valence-corrected chi connectivity index (χ4v) is 2.65. The molecule has 0 aromatic carbocycles. The number of aromatic nitrogens is 2. The van der Waals surface area contributed by atoms with Crippen LogP contribution in [0.5, 0.6) is 0 Å². The summed E-state index contributed by atoms with van der Waals surface area (Å²) >= 11 is 1.44. The summed E-state index contributed by atoms with van der Waals surface area (Å²) in [6.45, 7) is 13.2. The molecule has 0 saturated heterocycles. The second-order valence-corrected chi connectivity index (χ2v) is 7.91. The third-order valence-corrected chi connectivity index (χ3v) is 4.67. The molecule has 2 aromatic heterocycles. The third kappa shape index (κ3) is 5.95. The number of nitrogens with zero attached hydrogens (tertiary/aromatic N) is 3. The lowest BCUT2D eigenvalue weighted by molar-refractivity contribution is 0.285. The summed E-state index contributed by atoms with van der Waals surface area (Å²) in [5, 5.41) is 8.24. The van der Waals surface area contributed by atoms with Crippen LogP contribution in [0.15, 0.2) is 36.0 Å². The monoisotopic (exact) mass is 358 g/mol. The molecule has 25 heavy (non-hydrogen) atoms. The summed E-state index contributed by atoms with van der Waals surface area (Å²) in [7, 11) is 0. The molecule has 7 heteroatoms. The number of hydrogen-bond donors (Lipinski definition) is 3. The molecule has 2 aromatic rings. The second-order valence-electron chi connectivity index (χ2n) is 6.90. The summed E-state index contributed by atoms with van der Waals surface area (Å²) in [6, 6.07) is 4.24. The first-order chi connectivity index (χ1) is 11.8. The highest BCUT2D eigenvalue weighted by Crippen LogP contribution is 2.28. The van der Waals surface area contributed by atoms with Crippen molar-refractivity contribution in [2.45, 2.75) is 40.3 Å². The molecule has 0 aliphatic heterocycles. The maximum Gasteiger partial charge on any atom is 0.190 e. The summed E-state index contributed by atoms with van der Waals surface area (Å²) < 4.78 is 0. The Balaban J connectivity index is 2.06. The van der Waals surface area contributed by atoms with Crippen LogP contribution in [-0.4, -0.2) is 22.2 Å². The fourth-order valence-electron chi connectivity index (χ4n) is 1.97. The van der Waals surface area contributed by atoms with E-state index >= 15 is 0 Å². The predicted octanol–water partition coefficient (Wildman–Crippen LogP) is 4.28. The van der Waals surface area contributed by atoms with Crippen molar-refractivity contribution in [2.24, 2.45) is 10.4 Å². The molecular formula is C18H26N6S. The average Bonchev–Trinajstić information content (AvgIpc) is 2.96. The fraction of sp³-hybridized carbons (Fsp3) is 0.389. The minimum Gasteiger partial charge on any atom is -0.384 e. The molecule has 134 valence electrons. The molecule has 1 atom stereocenters. The quantitative estimate of drug-likeness (QED) is 0.643. The van der Waals surface area contributed by atoms with Crippen molar-refractivity contribution in [3.63, 3.8) is 0 Å². The Morgan fingerprint density at radius 1 is 1.40 bits per heavy atom. The van der Waals surface area contributed by atoms with E-state index in [1.807, 2.05) is 12.1 Å². The Morgan fingerprint density at radius 3 is 2.84 bits per heavy atom.